The van der Waals surface area contributed by atoms with Crippen LogP contribution >= 0.6 is 0 Å². The molecule has 0 aliphatic carbocycles. The van der Waals surface area contributed by atoms with E-state index in [2.05, 4.69) is 16.8 Å². The summed E-state index contributed by atoms with van der Waals surface area (Å²) >= 11 is 0. The van der Waals surface area contributed by atoms with E-state index < -0.39 is 0 Å². The molecule has 2 heterocycles. The summed E-state index contributed by atoms with van der Waals surface area (Å²) in [6.45, 7) is 6.06. The van der Waals surface area contributed by atoms with Crippen molar-refractivity contribution in [3.05, 3.63) is 0 Å². The van der Waals surface area contributed by atoms with Crippen LogP contribution in [-0.2, 0) is 4.74 Å². The van der Waals surface area contributed by atoms with Gasteiger partial charge in [0.1, 0.15) is 0 Å². The highest BCUT2D eigenvalue weighted by atomic mass is 16.5. The summed E-state index contributed by atoms with van der Waals surface area (Å²) in [5.41, 5.74) is 5.66. The van der Waals surface area contributed by atoms with Gasteiger partial charge in [-0.15, -0.1) is 0 Å². The van der Waals surface area contributed by atoms with E-state index in [1.807, 2.05) is 0 Å². The molecule has 0 spiro atoms. The van der Waals surface area contributed by atoms with Gasteiger partial charge in [-0.1, -0.05) is 0 Å². The van der Waals surface area contributed by atoms with Crippen molar-refractivity contribution in [2.75, 3.05) is 46.4 Å². The van der Waals surface area contributed by atoms with Gasteiger partial charge >= 0.3 is 0 Å². The number of piperidine rings is 1. The molecule has 0 bridgehead atoms. The molecule has 0 aromatic carbocycles. The van der Waals surface area contributed by atoms with Crippen molar-refractivity contribution in [3.63, 3.8) is 0 Å². The molecule has 2 aliphatic rings. The van der Waals surface area contributed by atoms with Crippen molar-refractivity contribution in [3.8, 4) is 0 Å². The smallest absolute Gasteiger partial charge is 0.0824 e. The summed E-state index contributed by atoms with van der Waals surface area (Å²) in [5.74, 6) is 0. The quantitative estimate of drug-likeness (QED) is 0.686. The number of ether oxygens (including phenoxy) is 1. The lowest BCUT2D eigenvalue weighted by Crippen LogP contribution is -2.54. The van der Waals surface area contributed by atoms with Crippen molar-refractivity contribution in [1.82, 2.24) is 9.80 Å². The lowest BCUT2D eigenvalue weighted by molar-refractivity contribution is -0.0477. The number of nitrogens with zero attached hydrogens (tertiary/aromatic N) is 2. The van der Waals surface area contributed by atoms with Gasteiger partial charge < -0.3 is 15.4 Å². The molecule has 2 saturated heterocycles. The number of rotatable bonds is 2. The number of hydrogen-bond donors (Lipinski definition) is 1. The Balaban J connectivity index is 1.86. The van der Waals surface area contributed by atoms with Gasteiger partial charge in [0.2, 0.25) is 0 Å². The van der Waals surface area contributed by atoms with Crippen molar-refractivity contribution < 1.29 is 4.74 Å². The number of likely N-dealkylation sites (N-methyl/N-ethyl adjacent to an activating group) is 1. The minimum Gasteiger partial charge on any atom is -0.374 e. The summed E-state index contributed by atoms with van der Waals surface area (Å²) in [5, 5.41) is 0. The molecular weight excluding hydrogens is 190 g/mol. The zero-order valence-corrected chi connectivity index (χ0v) is 9.69. The second kappa shape index (κ2) is 5.25. The highest BCUT2D eigenvalue weighted by Gasteiger charge is 2.28. The van der Waals surface area contributed by atoms with Crippen LogP contribution in [0, 0.1) is 0 Å². The highest BCUT2D eigenvalue weighted by Crippen LogP contribution is 2.17. The average molecular weight is 213 g/mol. The van der Waals surface area contributed by atoms with Gasteiger partial charge in [-0.05, 0) is 26.4 Å². The molecule has 2 N–H and O–H groups in total. The van der Waals surface area contributed by atoms with Gasteiger partial charge in [0.15, 0.2) is 0 Å². The summed E-state index contributed by atoms with van der Waals surface area (Å²) in [6, 6.07) is 0.724. The second-order valence-corrected chi connectivity index (χ2v) is 4.78. The van der Waals surface area contributed by atoms with Crippen molar-refractivity contribution in [2.45, 2.75) is 25.0 Å². The maximum atomic E-state index is 5.66. The zero-order chi connectivity index (χ0) is 10.7. The third-order valence-corrected chi connectivity index (χ3v) is 3.55. The van der Waals surface area contributed by atoms with E-state index in [9.17, 15) is 0 Å². The first-order chi connectivity index (χ1) is 7.29. The SMILES string of the molecule is CN1CCCC(N2CCOC(CN)C2)C1. The minimum absolute atomic E-state index is 0.256. The fourth-order valence-corrected chi connectivity index (χ4v) is 2.65. The van der Waals surface area contributed by atoms with E-state index in [1.165, 1.54) is 25.9 Å². The Labute approximate surface area is 92.4 Å². The van der Waals surface area contributed by atoms with Crippen molar-refractivity contribution in [2.24, 2.45) is 5.73 Å². The lowest BCUT2D eigenvalue weighted by atomic mass is 10.0. The fraction of sp³-hybridized carbons (Fsp3) is 1.00. The van der Waals surface area contributed by atoms with Gasteiger partial charge in [-0.25, -0.2) is 0 Å². The predicted octanol–water partition coefficient (Wildman–Crippen LogP) is -0.260. The van der Waals surface area contributed by atoms with Gasteiger partial charge in [0.05, 0.1) is 12.7 Å². The van der Waals surface area contributed by atoms with Crippen LogP contribution in [0.3, 0.4) is 0 Å². The topological polar surface area (TPSA) is 41.7 Å². The summed E-state index contributed by atoms with van der Waals surface area (Å²) < 4.78 is 5.59. The molecule has 0 radical (unpaired) electrons. The number of morpholine rings is 1. The number of nitrogens with two attached hydrogens (primary N) is 1. The lowest BCUT2D eigenvalue weighted by Gasteiger charge is -2.41. The standard InChI is InChI=1S/C11H23N3O/c1-13-4-2-3-10(8-13)14-5-6-15-11(7-12)9-14/h10-11H,2-9,12H2,1H3. The van der Waals surface area contributed by atoms with E-state index >= 15 is 0 Å². The molecule has 0 saturated carbocycles. The van der Waals surface area contributed by atoms with Crippen LogP contribution in [0.2, 0.25) is 0 Å². The maximum absolute atomic E-state index is 5.66. The first-order valence-electron chi connectivity index (χ1n) is 6.04. The van der Waals surface area contributed by atoms with Crippen LogP contribution < -0.4 is 5.73 Å². The number of likely N-dealkylation sites (tertiary alicyclic amines) is 1. The van der Waals surface area contributed by atoms with E-state index in [-0.39, 0.29) is 6.10 Å². The normalized spacial score (nSPS) is 35.6. The summed E-state index contributed by atoms with van der Waals surface area (Å²) in [7, 11) is 2.22. The van der Waals surface area contributed by atoms with Crippen LogP contribution in [0.5, 0.6) is 0 Å². The van der Waals surface area contributed by atoms with Crippen molar-refractivity contribution >= 4 is 0 Å². The molecule has 2 unspecified atom stereocenters. The molecule has 0 aromatic rings. The Morgan fingerprint density at radius 1 is 1.33 bits per heavy atom. The molecule has 2 rings (SSSR count). The molecule has 4 heteroatoms. The molecule has 2 aliphatic heterocycles. The first kappa shape index (κ1) is 11.3. The van der Waals surface area contributed by atoms with Crippen molar-refractivity contribution in [1.29, 1.82) is 0 Å². The maximum Gasteiger partial charge on any atom is 0.0824 e. The van der Waals surface area contributed by atoms with E-state index in [1.54, 1.807) is 0 Å². The van der Waals surface area contributed by atoms with E-state index in [0.717, 1.165) is 25.7 Å². The van der Waals surface area contributed by atoms with Gasteiger partial charge in [-0.3, -0.25) is 4.90 Å². The molecule has 4 nitrogen and oxygen atoms in total. The Morgan fingerprint density at radius 3 is 2.93 bits per heavy atom. The van der Waals surface area contributed by atoms with Gasteiger partial charge in [-0.2, -0.15) is 0 Å². The van der Waals surface area contributed by atoms with E-state index in [0.29, 0.717) is 6.54 Å². The van der Waals surface area contributed by atoms with Crippen LogP contribution in [0.4, 0.5) is 0 Å². The molecule has 15 heavy (non-hydrogen) atoms. The minimum atomic E-state index is 0.256. The van der Waals surface area contributed by atoms with Crippen LogP contribution in [-0.4, -0.2) is 68.3 Å². The Kier molecular flexibility index (Phi) is 3.97. The zero-order valence-electron chi connectivity index (χ0n) is 9.69. The number of hydrogen-bond acceptors (Lipinski definition) is 4. The van der Waals surface area contributed by atoms with E-state index in [4.69, 9.17) is 10.5 Å². The Hall–Kier alpha value is -0.160. The van der Waals surface area contributed by atoms with Gasteiger partial charge in [0.25, 0.3) is 0 Å². The molecule has 88 valence electrons. The third-order valence-electron chi connectivity index (χ3n) is 3.55. The molecule has 2 fully saturated rings. The van der Waals surface area contributed by atoms with Crippen LogP contribution in [0.15, 0.2) is 0 Å². The second-order valence-electron chi connectivity index (χ2n) is 4.78. The Bertz CT molecular complexity index is 200. The first-order valence-corrected chi connectivity index (χ1v) is 6.04. The third kappa shape index (κ3) is 2.91. The molecule has 2 atom stereocenters. The van der Waals surface area contributed by atoms with Crippen LogP contribution in [0.1, 0.15) is 12.8 Å². The van der Waals surface area contributed by atoms with Crippen LogP contribution in [0.25, 0.3) is 0 Å². The average Bonchev–Trinajstić information content (AvgIpc) is 2.29. The predicted molar refractivity (Wildman–Crippen MR) is 60.9 cm³/mol. The Morgan fingerprint density at radius 2 is 2.20 bits per heavy atom. The molecule has 0 aromatic heterocycles. The summed E-state index contributed by atoms with van der Waals surface area (Å²) in [6.07, 6.45) is 2.92. The monoisotopic (exact) mass is 213 g/mol. The van der Waals surface area contributed by atoms with Gasteiger partial charge in [0, 0.05) is 32.2 Å². The molecular formula is C11H23N3O. The highest BCUT2D eigenvalue weighted by molar-refractivity contribution is 4.83. The summed E-state index contributed by atoms with van der Waals surface area (Å²) in [4.78, 5) is 5.00. The largest absolute Gasteiger partial charge is 0.374 e. The fourth-order valence-electron chi connectivity index (χ4n) is 2.65. The molecule has 0 amide bonds.